The minimum Gasteiger partial charge on any atom is -0.458 e. The number of hydrogen-bond donors (Lipinski definition) is 0. The SMILES string of the molecule is CC[C@H](OS(=O)(=O)C(F)(F)F)C(=O)OC(C)(C)C. The third kappa shape index (κ3) is 5.21. The first-order valence-electron chi connectivity index (χ1n) is 5.02. The molecule has 0 amide bonds. The van der Waals surface area contributed by atoms with E-state index in [-0.39, 0.29) is 6.42 Å². The van der Waals surface area contributed by atoms with Crippen LogP contribution in [-0.2, 0) is 23.8 Å². The van der Waals surface area contributed by atoms with Crippen LogP contribution >= 0.6 is 0 Å². The summed E-state index contributed by atoms with van der Waals surface area (Å²) in [6, 6.07) is 0. The Morgan fingerprint density at radius 3 is 1.94 bits per heavy atom. The van der Waals surface area contributed by atoms with Crippen LogP contribution in [0.5, 0.6) is 0 Å². The fourth-order valence-corrected chi connectivity index (χ4v) is 1.48. The Morgan fingerprint density at radius 1 is 1.22 bits per heavy atom. The fourth-order valence-electron chi connectivity index (χ4n) is 0.849. The first-order valence-corrected chi connectivity index (χ1v) is 6.43. The molecule has 0 aliphatic heterocycles. The number of carbonyl (C=O) groups is 1. The molecule has 0 radical (unpaired) electrons. The highest BCUT2D eigenvalue weighted by Crippen LogP contribution is 2.26. The van der Waals surface area contributed by atoms with E-state index in [1.165, 1.54) is 27.7 Å². The lowest BCUT2D eigenvalue weighted by Crippen LogP contribution is -2.37. The second-order valence-electron chi connectivity index (χ2n) is 4.43. The van der Waals surface area contributed by atoms with Crippen LogP contribution < -0.4 is 0 Å². The Kier molecular flexibility index (Phi) is 5.18. The molecule has 108 valence electrons. The first kappa shape index (κ1) is 17.2. The number of alkyl halides is 3. The molecule has 18 heavy (non-hydrogen) atoms. The van der Waals surface area contributed by atoms with Gasteiger partial charge in [-0.1, -0.05) is 6.92 Å². The van der Waals surface area contributed by atoms with Gasteiger partial charge < -0.3 is 4.74 Å². The van der Waals surface area contributed by atoms with E-state index in [2.05, 4.69) is 4.18 Å². The van der Waals surface area contributed by atoms with Gasteiger partial charge in [0, 0.05) is 0 Å². The molecular formula is C9H15F3O5S. The van der Waals surface area contributed by atoms with E-state index >= 15 is 0 Å². The molecule has 0 aromatic carbocycles. The number of esters is 1. The van der Waals surface area contributed by atoms with Gasteiger partial charge in [0.2, 0.25) is 0 Å². The van der Waals surface area contributed by atoms with E-state index in [9.17, 15) is 26.4 Å². The van der Waals surface area contributed by atoms with Crippen molar-refractivity contribution in [2.45, 2.75) is 51.3 Å². The van der Waals surface area contributed by atoms with E-state index in [1.54, 1.807) is 0 Å². The highest BCUT2D eigenvalue weighted by atomic mass is 32.2. The zero-order chi connectivity index (χ0) is 14.8. The Labute approximate surface area is 103 Å². The highest BCUT2D eigenvalue weighted by Gasteiger charge is 2.49. The predicted molar refractivity (Wildman–Crippen MR) is 56.0 cm³/mol. The summed E-state index contributed by atoms with van der Waals surface area (Å²) in [5, 5.41) is 0. The molecule has 0 fully saturated rings. The molecule has 0 bridgehead atoms. The maximum Gasteiger partial charge on any atom is 0.523 e. The van der Waals surface area contributed by atoms with Gasteiger partial charge >= 0.3 is 21.6 Å². The van der Waals surface area contributed by atoms with Crippen LogP contribution in [0.2, 0.25) is 0 Å². The number of hydrogen-bond acceptors (Lipinski definition) is 5. The second kappa shape index (κ2) is 5.43. The van der Waals surface area contributed by atoms with Crippen molar-refractivity contribution in [2.24, 2.45) is 0 Å². The smallest absolute Gasteiger partial charge is 0.458 e. The monoisotopic (exact) mass is 292 g/mol. The molecule has 0 rings (SSSR count). The Balaban J connectivity index is 4.89. The summed E-state index contributed by atoms with van der Waals surface area (Å²) in [5.41, 5.74) is -6.52. The average molecular weight is 292 g/mol. The van der Waals surface area contributed by atoms with E-state index in [0.717, 1.165) is 0 Å². The van der Waals surface area contributed by atoms with Gasteiger partial charge in [-0.3, -0.25) is 0 Å². The van der Waals surface area contributed by atoms with Crippen LogP contribution in [0.1, 0.15) is 34.1 Å². The van der Waals surface area contributed by atoms with E-state index in [0.29, 0.717) is 0 Å². The summed E-state index contributed by atoms with van der Waals surface area (Å²) in [5.74, 6) is -1.15. The summed E-state index contributed by atoms with van der Waals surface area (Å²) in [7, 11) is -5.81. The van der Waals surface area contributed by atoms with Gasteiger partial charge in [-0.05, 0) is 27.2 Å². The van der Waals surface area contributed by atoms with E-state index in [4.69, 9.17) is 4.74 Å². The van der Waals surface area contributed by atoms with Gasteiger partial charge in [-0.25, -0.2) is 8.98 Å². The molecule has 1 atom stereocenters. The molecule has 0 unspecified atom stereocenters. The Hall–Kier alpha value is -0.830. The quantitative estimate of drug-likeness (QED) is 0.450. The van der Waals surface area contributed by atoms with Crippen molar-refractivity contribution in [3.63, 3.8) is 0 Å². The van der Waals surface area contributed by atoms with Gasteiger partial charge in [0.05, 0.1) is 0 Å². The molecule has 0 spiro atoms. The van der Waals surface area contributed by atoms with Gasteiger partial charge in [-0.15, -0.1) is 0 Å². The van der Waals surface area contributed by atoms with Crippen molar-refractivity contribution in [2.75, 3.05) is 0 Å². The lowest BCUT2D eigenvalue weighted by atomic mass is 10.2. The number of ether oxygens (including phenoxy) is 1. The molecule has 5 nitrogen and oxygen atoms in total. The van der Waals surface area contributed by atoms with E-state index < -0.39 is 33.3 Å². The van der Waals surface area contributed by atoms with Crippen LogP contribution in [0.3, 0.4) is 0 Å². The number of rotatable bonds is 4. The maximum atomic E-state index is 12.1. The molecule has 0 aromatic rings. The fraction of sp³-hybridized carbons (Fsp3) is 0.889. The minimum atomic E-state index is -5.81. The van der Waals surface area contributed by atoms with Crippen molar-refractivity contribution in [1.29, 1.82) is 0 Å². The molecule has 0 aliphatic carbocycles. The third-order valence-electron chi connectivity index (χ3n) is 1.57. The summed E-state index contributed by atoms with van der Waals surface area (Å²) in [4.78, 5) is 11.4. The van der Waals surface area contributed by atoms with Crippen molar-refractivity contribution >= 4 is 16.1 Å². The number of halogens is 3. The van der Waals surface area contributed by atoms with Crippen molar-refractivity contribution < 1.29 is 35.3 Å². The lowest BCUT2D eigenvalue weighted by molar-refractivity contribution is -0.164. The molecular weight excluding hydrogens is 277 g/mol. The lowest BCUT2D eigenvalue weighted by Gasteiger charge is -2.23. The van der Waals surface area contributed by atoms with Crippen molar-refractivity contribution in [1.82, 2.24) is 0 Å². The van der Waals surface area contributed by atoms with Crippen LogP contribution in [-0.4, -0.2) is 31.6 Å². The average Bonchev–Trinajstić information content (AvgIpc) is 2.09. The maximum absolute atomic E-state index is 12.1. The van der Waals surface area contributed by atoms with Gasteiger partial charge in [-0.2, -0.15) is 21.6 Å². The van der Waals surface area contributed by atoms with Crippen LogP contribution in [0.15, 0.2) is 0 Å². The van der Waals surface area contributed by atoms with Gasteiger partial charge in [0.25, 0.3) is 0 Å². The first-order chi connectivity index (χ1) is 7.80. The zero-order valence-corrected chi connectivity index (χ0v) is 11.2. The predicted octanol–water partition coefficient (Wildman–Crippen LogP) is 1.97. The third-order valence-corrected chi connectivity index (χ3v) is 2.62. The zero-order valence-electron chi connectivity index (χ0n) is 10.4. The molecule has 0 N–H and O–H groups in total. The van der Waals surface area contributed by atoms with Crippen molar-refractivity contribution in [3.8, 4) is 0 Å². The molecule has 9 heteroatoms. The molecule has 0 heterocycles. The molecule has 0 aliphatic rings. The van der Waals surface area contributed by atoms with Crippen LogP contribution in [0.25, 0.3) is 0 Å². The highest BCUT2D eigenvalue weighted by molar-refractivity contribution is 7.87. The summed E-state index contributed by atoms with van der Waals surface area (Å²) < 4.78 is 66.3. The summed E-state index contributed by atoms with van der Waals surface area (Å²) in [6.45, 7) is 5.79. The van der Waals surface area contributed by atoms with E-state index in [1.807, 2.05) is 0 Å². The largest absolute Gasteiger partial charge is 0.523 e. The number of carbonyl (C=O) groups excluding carboxylic acids is 1. The van der Waals surface area contributed by atoms with Gasteiger partial charge in [0.15, 0.2) is 6.10 Å². The van der Waals surface area contributed by atoms with Crippen LogP contribution in [0.4, 0.5) is 13.2 Å². The second-order valence-corrected chi connectivity index (χ2v) is 5.99. The summed E-state index contributed by atoms with van der Waals surface area (Å²) >= 11 is 0. The standard InChI is InChI=1S/C9H15F3O5S/c1-5-6(7(13)16-8(2,3)4)17-18(14,15)9(10,11)12/h6H,5H2,1-4H3/t6-/m0/s1. The Bertz CT molecular complexity index is 393. The normalized spacial score (nSPS) is 15.3. The summed E-state index contributed by atoms with van der Waals surface area (Å²) in [6.07, 6.45) is -2.07. The molecule has 0 saturated heterocycles. The Morgan fingerprint density at radius 2 is 1.67 bits per heavy atom. The minimum absolute atomic E-state index is 0.260. The topological polar surface area (TPSA) is 69.7 Å². The van der Waals surface area contributed by atoms with Crippen molar-refractivity contribution in [3.05, 3.63) is 0 Å². The molecule has 0 aromatic heterocycles. The van der Waals surface area contributed by atoms with Crippen LogP contribution in [0, 0.1) is 0 Å². The molecule has 0 saturated carbocycles. The van der Waals surface area contributed by atoms with Gasteiger partial charge in [0.1, 0.15) is 5.60 Å².